The van der Waals surface area contributed by atoms with Crippen molar-refractivity contribution in [1.29, 1.82) is 0 Å². The summed E-state index contributed by atoms with van der Waals surface area (Å²) in [6.45, 7) is 1.91. The summed E-state index contributed by atoms with van der Waals surface area (Å²) in [7, 11) is 0. The molecule has 136 valence electrons. The Kier molecular flexibility index (Phi) is 6.56. The fourth-order valence-corrected chi connectivity index (χ4v) is 3.39. The van der Waals surface area contributed by atoms with Crippen molar-refractivity contribution in [1.82, 2.24) is 10.7 Å². The molecule has 1 aliphatic carbocycles. The molecule has 2 aromatic rings. The number of nitrogens with one attached hydrogen (secondary N) is 2. The molecule has 1 amide bonds. The number of hydrogen-bond donors (Lipinski definition) is 2. The summed E-state index contributed by atoms with van der Waals surface area (Å²) in [6.07, 6.45) is 6.10. The van der Waals surface area contributed by atoms with E-state index in [2.05, 4.69) is 15.8 Å². The van der Waals surface area contributed by atoms with E-state index in [9.17, 15) is 4.79 Å². The van der Waals surface area contributed by atoms with Gasteiger partial charge in [-0.05, 0) is 19.8 Å². The SMILES string of the molecule is C[C@H](NC1CCCCC1)C(=O)NN=C(c1ccccc1)c1ccccc1. The van der Waals surface area contributed by atoms with E-state index >= 15 is 0 Å². The summed E-state index contributed by atoms with van der Waals surface area (Å²) < 4.78 is 0. The predicted molar refractivity (Wildman–Crippen MR) is 106 cm³/mol. The van der Waals surface area contributed by atoms with E-state index in [-0.39, 0.29) is 11.9 Å². The third-order valence-corrected chi connectivity index (χ3v) is 4.86. The van der Waals surface area contributed by atoms with Gasteiger partial charge in [0.1, 0.15) is 0 Å². The van der Waals surface area contributed by atoms with Gasteiger partial charge in [0, 0.05) is 17.2 Å². The second-order valence-electron chi connectivity index (χ2n) is 6.89. The molecule has 0 saturated heterocycles. The highest BCUT2D eigenvalue weighted by Crippen LogP contribution is 2.17. The summed E-state index contributed by atoms with van der Waals surface area (Å²) in [5.74, 6) is -0.0973. The van der Waals surface area contributed by atoms with Gasteiger partial charge in [-0.3, -0.25) is 4.79 Å². The number of benzene rings is 2. The van der Waals surface area contributed by atoms with Crippen LogP contribution in [-0.4, -0.2) is 23.7 Å². The standard InChI is InChI=1S/C22H27N3O/c1-17(23-20-15-9-4-10-16-20)22(26)25-24-21(18-11-5-2-6-12-18)19-13-7-3-8-14-19/h2-3,5-8,11-14,17,20,23H,4,9-10,15-16H2,1H3,(H,25,26)/t17-/m0/s1. The first-order chi connectivity index (χ1) is 12.7. The van der Waals surface area contributed by atoms with Gasteiger partial charge in [0.05, 0.1) is 11.8 Å². The minimum Gasteiger partial charge on any atom is -0.303 e. The van der Waals surface area contributed by atoms with E-state index in [0.717, 1.165) is 29.7 Å². The molecule has 1 aliphatic rings. The number of amides is 1. The van der Waals surface area contributed by atoms with Crippen molar-refractivity contribution < 1.29 is 4.79 Å². The van der Waals surface area contributed by atoms with Crippen LogP contribution < -0.4 is 10.7 Å². The zero-order valence-corrected chi connectivity index (χ0v) is 15.3. The van der Waals surface area contributed by atoms with Gasteiger partial charge in [-0.2, -0.15) is 5.10 Å². The summed E-state index contributed by atoms with van der Waals surface area (Å²) in [5, 5.41) is 7.90. The molecule has 3 rings (SSSR count). The van der Waals surface area contributed by atoms with Crippen molar-refractivity contribution >= 4 is 11.6 Å². The predicted octanol–water partition coefficient (Wildman–Crippen LogP) is 3.87. The number of carbonyl (C=O) groups excluding carboxylic acids is 1. The highest BCUT2D eigenvalue weighted by atomic mass is 16.2. The van der Waals surface area contributed by atoms with Crippen LogP contribution in [0.4, 0.5) is 0 Å². The highest BCUT2D eigenvalue weighted by Gasteiger charge is 2.19. The molecule has 1 saturated carbocycles. The first kappa shape index (κ1) is 18.3. The molecule has 4 heteroatoms. The smallest absolute Gasteiger partial charge is 0.256 e. The maximum absolute atomic E-state index is 12.5. The molecule has 0 aliphatic heterocycles. The monoisotopic (exact) mass is 349 g/mol. The molecule has 1 fully saturated rings. The third kappa shape index (κ3) is 5.02. The molecule has 2 N–H and O–H groups in total. The molecule has 1 atom stereocenters. The third-order valence-electron chi connectivity index (χ3n) is 4.86. The molecular formula is C22H27N3O. The van der Waals surface area contributed by atoms with Gasteiger partial charge in [-0.15, -0.1) is 0 Å². The summed E-state index contributed by atoms with van der Waals surface area (Å²) in [5.41, 5.74) is 5.48. The Morgan fingerprint density at radius 2 is 1.46 bits per heavy atom. The normalized spacial score (nSPS) is 15.9. The van der Waals surface area contributed by atoms with E-state index in [4.69, 9.17) is 0 Å². The summed E-state index contributed by atoms with van der Waals surface area (Å²) in [6, 6.07) is 20.0. The van der Waals surface area contributed by atoms with Gasteiger partial charge in [0.15, 0.2) is 0 Å². The minimum atomic E-state index is -0.255. The second kappa shape index (κ2) is 9.30. The van der Waals surface area contributed by atoms with E-state index in [1.54, 1.807) is 0 Å². The van der Waals surface area contributed by atoms with Gasteiger partial charge in [-0.1, -0.05) is 79.9 Å². The van der Waals surface area contributed by atoms with Gasteiger partial charge >= 0.3 is 0 Å². The first-order valence-corrected chi connectivity index (χ1v) is 9.48. The average Bonchev–Trinajstić information content (AvgIpc) is 2.70. The Balaban J connectivity index is 1.70. The van der Waals surface area contributed by atoms with Crippen LogP contribution in [0.1, 0.15) is 50.2 Å². The quantitative estimate of drug-likeness (QED) is 0.614. The van der Waals surface area contributed by atoms with E-state index in [1.807, 2.05) is 67.6 Å². The molecule has 0 heterocycles. The number of carbonyl (C=O) groups is 1. The van der Waals surface area contributed by atoms with Crippen molar-refractivity contribution in [2.24, 2.45) is 5.10 Å². The zero-order chi connectivity index (χ0) is 18.2. The lowest BCUT2D eigenvalue weighted by Crippen LogP contribution is -2.46. The summed E-state index contributed by atoms with van der Waals surface area (Å²) in [4.78, 5) is 12.5. The Labute approximate surface area is 155 Å². The lowest BCUT2D eigenvalue weighted by molar-refractivity contribution is -0.123. The number of hydrazone groups is 1. The molecule has 2 aromatic carbocycles. The van der Waals surface area contributed by atoms with Crippen LogP contribution >= 0.6 is 0 Å². The van der Waals surface area contributed by atoms with Crippen LogP contribution in [-0.2, 0) is 4.79 Å². The molecular weight excluding hydrogens is 322 g/mol. The number of rotatable bonds is 6. The lowest BCUT2D eigenvalue weighted by Gasteiger charge is -2.25. The van der Waals surface area contributed by atoms with Crippen LogP contribution in [0.15, 0.2) is 65.8 Å². The Morgan fingerprint density at radius 1 is 0.923 bits per heavy atom. The van der Waals surface area contributed by atoms with Crippen LogP contribution in [0.5, 0.6) is 0 Å². The second-order valence-corrected chi connectivity index (χ2v) is 6.89. The molecule has 4 nitrogen and oxygen atoms in total. The fraction of sp³-hybridized carbons (Fsp3) is 0.364. The molecule has 0 radical (unpaired) electrons. The fourth-order valence-electron chi connectivity index (χ4n) is 3.39. The van der Waals surface area contributed by atoms with Crippen LogP contribution in [0.3, 0.4) is 0 Å². The topological polar surface area (TPSA) is 53.5 Å². The van der Waals surface area contributed by atoms with E-state index < -0.39 is 0 Å². The average molecular weight is 349 g/mol. The molecule has 0 spiro atoms. The molecule has 0 aromatic heterocycles. The van der Waals surface area contributed by atoms with Gasteiger partial charge in [0.25, 0.3) is 5.91 Å². The van der Waals surface area contributed by atoms with Crippen LogP contribution in [0.2, 0.25) is 0 Å². The van der Waals surface area contributed by atoms with Crippen molar-refractivity contribution in [3.8, 4) is 0 Å². The number of hydrogen-bond acceptors (Lipinski definition) is 3. The molecule has 26 heavy (non-hydrogen) atoms. The number of nitrogens with zero attached hydrogens (tertiary/aromatic N) is 1. The first-order valence-electron chi connectivity index (χ1n) is 9.48. The maximum atomic E-state index is 12.5. The Morgan fingerprint density at radius 3 is 2.00 bits per heavy atom. The minimum absolute atomic E-state index is 0.0973. The van der Waals surface area contributed by atoms with Crippen molar-refractivity contribution in [2.45, 2.75) is 51.1 Å². The van der Waals surface area contributed by atoms with Crippen LogP contribution in [0.25, 0.3) is 0 Å². The van der Waals surface area contributed by atoms with Crippen molar-refractivity contribution in [3.63, 3.8) is 0 Å². The van der Waals surface area contributed by atoms with Gasteiger partial charge in [0.2, 0.25) is 0 Å². The zero-order valence-electron chi connectivity index (χ0n) is 15.3. The largest absolute Gasteiger partial charge is 0.303 e. The highest BCUT2D eigenvalue weighted by molar-refractivity contribution is 6.13. The van der Waals surface area contributed by atoms with Crippen LogP contribution in [0, 0.1) is 0 Å². The van der Waals surface area contributed by atoms with Crippen molar-refractivity contribution in [3.05, 3.63) is 71.8 Å². The Hall–Kier alpha value is -2.46. The summed E-state index contributed by atoms with van der Waals surface area (Å²) >= 11 is 0. The Bertz CT molecular complexity index is 680. The van der Waals surface area contributed by atoms with Gasteiger partial charge in [-0.25, -0.2) is 5.43 Å². The van der Waals surface area contributed by atoms with Crippen molar-refractivity contribution in [2.75, 3.05) is 0 Å². The maximum Gasteiger partial charge on any atom is 0.256 e. The van der Waals surface area contributed by atoms with E-state index in [0.29, 0.717) is 6.04 Å². The lowest BCUT2D eigenvalue weighted by atomic mass is 9.95. The molecule has 0 unspecified atom stereocenters. The van der Waals surface area contributed by atoms with E-state index in [1.165, 1.54) is 19.3 Å². The molecule has 0 bridgehead atoms. The van der Waals surface area contributed by atoms with Gasteiger partial charge < -0.3 is 5.32 Å².